The fourth-order valence-corrected chi connectivity index (χ4v) is 3.47. The SMILES string of the molecule is O=C(NC1CCCCn2c1nc(-c1ccncn1)cc2=O)c1ccc(OCC(F)(F)F)nc1. The summed E-state index contributed by atoms with van der Waals surface area (Å²) in [6.45, 7) is -0.996. The van der Waals surface area contributed by atoms with Crippen molar-refractivity contribution in [3.63, 3.8) is 0 Å². The molecule has 0 radical (unpaired) electrons. The van der Waals surface area contributed by atoms with Gasteiger partial charge in [-0.05, 0) is 31.4 Å². The molecule has 4 heterocycles. The zero-order valence-corrected chi connectivity index (χ0v) is 17.2. The van der Waals surface area contributed by atoms with E-state index in [1.165, 1.54) is 29.1 Å². The Labute approximate surface area is 185 Å². The predicted octanol–water partition coefficient (Wildman–Crippen LogP) is 2.69. The van der Waals surface area contributed by atoms with Gasteiger partial charge in [-0.1, -0.05) is 0 Å². The number of pyridine rings is 1. The molecule has 0 aliphatic carbocycles. The van der Waals surface area contributed by atoms with Crippen LogP contribution in [0.3, 0.4) is 0 Å². The van der Waals surface area contributed by atoms with Crippen LogP contribution in [0.5, 0.6) is 5.88 Å². The number of fused-ring (bicyclic) bond motifs is 1. The number of ether oxygens (including phenoxy) is 1. The second-order valence-corrected chi connectivity index (χ2v) is 7.39. The van der Waals surface area contributed by atoms with Gasteiger partial charge < -0.3 is 10.1 Å². The summed E-state index contributed by atoms with van der Waals surface area (Å²) in [6.07, 6.45) is 1.62. The van der Waals surface area contributed by atoms with E-state index < -0.39 is 24.7 Å². The number of aromatic nitrogens is 5. The molecule has 1 unspecified atom stereocenters. The van der Waals surface area contributed by atoms with E-state index in [0.717, 1.165) is 19.0 Å². The Morgan fingerprint density at radius 1 is 1.18 bits per heavy atom. The van der Waals surface area contributed by atoms with Crippen LogP contribution < -0.4 is 15.6 Å². The minimum absolute atomic E-state index is 0.138. The average Bonchev–Trinajstić information content (AvgIpc) is 3.01. The van der Waals surface area contributed by atoms with E-state index in [2.05, 4.69) is 30.0 Å². The van der Waals surface area contributed by atoms with Crippen molar-refractivity contribution in [2.75, 3.05) is 6.61 Å². The minimum atomic E-state index is -4.49. The van der Waals surface area contributed by atoms with Crippen molar-refractivity contribution in [2.45, 2.75) is 38.0 Å². The smallest absolute Gasteiger partial charge is 0.422 e. The zero-order chi connectivity index (χ0) is 23.4. The van der Waals surface area contributed by atoms with Gasteiger partial charge >= 0.3 is 6.18 Å². The van der Waals surface area contributed by atoms with Crippen LogP contribution >= 0.6 is 0 Å². The molecule has 0 fully saturated rings. The van der Waals surface area contributed by atoms with Gasteiger partial charge in [-0.15, -0.1) is 0 Å². The number of amides is 1. The highest BCUT2D eigenvalue weighted by Gasteiger charge is 2.29. The average molecular weight is 460 g/mol. The van der Waals surface area contributed by atoms with Crippen LogP contribution in [0.25, 0.3) is 11.4 Å². The van der Waals surface area contributed by atoms with Gasteiger partial charge in [0.1, 0.15) is 12.2 Å². The molecule has 1 N–H and O–H groups in total. The molecule has 3 aromatic heterocycles. The summed E-state index contributed by atoms with van der Waals surface area (Å²) in [5.74, 6) is -0.323. The maximum absolute atomic E-state index is 12.8. The lowest BCUT2D eigenvalue weighted by atomic mass is 10.1. The van der Waals surface area contributed by atoms with Gasteiger partial charge in [0.25, 0.3) is 11.5 Å². The number of halogens is 3. The van der Waals surface area contributed by atoms with Crippen molar-refractivity contribution >= 4 is 5.91 Å². The molecule has 0 saturated heterocycles. The standard InChI is InChI=1S/C21H19F3N6O3/c22-21(23,24)11-33-17-5-4-13(10-26-17)20(32)29-15-3-1-2-8-30-18(31)9-16(28-19(15)30)14-6-7-25-12-27-14/h4-7,9-10,12,15H,1-3,8,11H2,(H,29,32). The first-order valence-electron chi connectivity index (χ1n) is 10.1. The van der Waals surface area contributed by atoms with Crippen LogP contribution in [0.2, 0.25) is 0 Å². The van der Waals surface area contributed by atoms with E-state index >= 15 is 0 Å². The Morgan fingerprint density at radius 2 is 2.03 bits per heavy atom. The van der Waals surface area contributed by atoms with Crippen LogP contribution in [0.15, 0.2) is 47.8 Å². The Morgan fingerprint density at radius 3 is 2.73 bits per heavy atom. The number of carbonyl (C=O) groups excluding carboxylic acids is 1. The van der Waals surface area contributed by atoms with Crippen LogP contribution in [0.4, 0.5) is 13.2 Å². The first kappa shape index (κ1) is 22.4. The molecule has 33 heavy (non-hydrogen) atoms. The van der Waals surface area contributed by atoms with Crippen molar-refractivity contribution in [3.8, 4) is 17.3 Å². The van der Waals surface area contributed by atoms with Crippen molar-refractivity contribution in [3.05, 3.63) is 64.7 Å². The number of hydrogen-bond acceptors (Lipinski definition) is 7. The van der Waals surface area contributed by atoms with Crippen LogP contribution in [-0.4, -0.2) is 43.2 Å². The van der Waals surface area contributed by atoms with Gasteiger partial charge in [0.05, 0.1) is 23.0 Å². The maximum Gasteiger partial charge on any atom is 0.422 e. The van der Waals surface area contributed by atoms with Crippen molar-refractivity contribution in [1.82, 2.24) is 29.8 Å². The molecule has 1 aliphatic rings. The molecule has 0 saturated carbocycles. The van der Waals surface area contributed by atoms with Crippen LogP contribution in [-0.2, 0) is 6.54 Å². The molecule has 3 aromatic rings. The second-order valence-electron chi connectivity index (χ2n) is 7.39. The van der Waals surface area contributed by atoms with Crippen molar-refractivity contribution < 1.29 is 22.7 Å². The summed E-state index contributed by atoms with van der Waals surface area (Å²) >= 11 is 0. The molecule has 1 amide bonds. The van der Waals surface area contributed by atoms with Gasteiger partial charge in [0.15, 0.2) is 6.61 Å². The number of hydrogen-bond donors (Lipinski definition) is 1. The van der Waals surface area contributed by atoms with E-state index in [0.29, 0.717) is 30.2 Å². The highest BCUT2D eigenvalue weighted by molar-refractivity contribution is 5.94. The van der Waals surface area contributed by atoms with E-state index in [1.54, 1.807) is 12.3 Å². The summed E-state index contributed by atoms with van der Waals surface area (Å²) in [5, 5.41) is 2.86. The van der Waals surface area contributed by atoms with Crippen molar-refractivity contribution in [1.29, 1.82) is 0 Å². The molecule has 0 spiro atoms. The molecule has 1 atom stereocenters. The topological polar surface area (TPSA) is 112 Å². The maximum atomic E-state index is 12.8. The molecule has 0 bridgehead atoms. The molecule has 4 rings (SSSR count). The molecule has 12 heteroatoms. The van der Waals surface area contributed by atoms with E-state index in [4.69, 9.17) is 0 Å². The van der Waals surface area contributed by atoms with Gasteiger partial charge in [-0.25, -0.2) is 19.9 Å². The number of rotatable bonds is 5. The number of nitrogens with one attached hydrogen (secondary N) is 1. The molecular weight excluding hydrogens is 441 g/mol. The molecule has 172 valence electrons. The summed E-state index contributed by atoms with van der Waals surface area (Å²) < 4.78 is 42.9. The van der Waals surface area contributed by atoms with E-state index in [-0.39, 0.29) is 17.0 Å². The van der Waals surface area contributed by atoms with Crippen molar-refractivity contribution in [2.24, 2.45) is 0 Å². The van der Waals surface area contributed by atoms with Gasteiger partial charge in [-0.2, -0.15) is 13.2 Å². The summed E-state index contributed by atoms with van der Waals surface area (Å²) in [7, 11) is 0. The lowest BCUT2D eigenvalue weighted by Gasteiger charge is -2.19. The lowest BCUT2D eigenvalue weighted by molar-refractivity contribution is -0.154. The van der Waals surface area contributed by atoms with Crippen LogP contribution in [0.1, 0.15) is 41.5 Å². The van der Waals surface area contributed by atoms with E-state index in [9.17, 15) is 22.8 Å². The monoisotopic (exact) mass is 460 g/mol. The Kier molecular flexibility index (Phi) is 6.33. The molecule has 9 nitrogen and oxygen atoms in total. The largest absolute Gasteiger partial charge is 0.468 e. The van der Waals surface area contributed by atoms with Gasteiger partial charge in [0, 0.05) is 31.1 Å². The molecule has 0 aromatic carbocycles. The fraction of sp³-hybridized carbons (Fsp3) is 0.333. The number of alkyl halides is 3. The molecule has 1 aliphatic heterocycles. The predicted molar refractivity (Wildman–Crippen MR) is 109 cm³/mol. The van der Waals surface area contributed by atoms with Crippen LogP contribution in [0, 0.1) is 0 Å². The van der Waals surface area contributed by atoms with Gasteiger partial charge in [0.2, 0.25) is 5.88 Å². The minimum Gasteiger partial charge on any atom is -0.468 e. The normalized spacial score (nSPS) is 15.9. The Balaban J connectivity index is 1.56. The zero-order valence-electron chi connectivity index (χ0n) is 17.2. The lowest BCUT2D eigenvalue weighted by Crippen LogP contribution is -2.34. The third-order valence-electron chi connectivity index (χ3n) is 5.01. The highest BCUT2D eigenvalue weighted by Crippen LogP contribution is 2.24. The third kappa shape index (κ3) is 5.51. The molecular formula is C21H19F3N6O3. The van der Waals surface area contributed by atoms with E-state index in [1.807, 2.05) is 0 Å². The quantitative estimate of drug-likeness (QED) is 0.623. The summed E-state index contributed by atoms with van der Waals surface area (Å²) in [4.78, 5) is 41.9. The first-order chi connectivity index (χ1) is 15.8. The third-order valence-corrected chi connectivity index (χ3v) is 5.01. The number of nitrogens with zero attached hydrogens (tertiary/aromatic N) is 5. The Bertz CT molecular complexity index is 1180. The summed E-state index contributed by atoms with van der Waals surface area (Å²) in [6, 6.07) is 5.01. The Hall–Kier alpha value is -3.83. The summed E-state index contributed by atoms with van der Waals surface area (Å²) in [5.41, 5.74) is 0.753. The second kappa shape index (κ2) is 9.35. The highest BCUT2D eigenvalue weighted by atomic mass is 19.4. The van der Waals surface area contributed by atoms with Gasteiger partial charge in [-0.3, -0.25) is 14.2 Å². The number of carbonyl (C=O) groups is 1. The fourth-order valence-electron chi connectivity index (χ4n) is 3.47. The first-order valence-corrected chi connectivity index (χ1v) is 10.1.